The number of benzene rings is 2. The van der Waals surface area contributed by atoms with Crippen molar-refractivity contribution >= 4 is 17.5 Å². The van der Waals surface area contributed by atoms with Gasteiger partial charge in [0.1, 0.15) is 5.82 Å². The van der Waals surface area contributed by atoms with Crippen LogP contribution < -0.4 is 5.32 Å². The lowest BCUT2D eigenvalue weighted by molar-refractivity contribution is -0.121. The molecule has 3 aromatic rings. The zero-order valence-corrected chi connectivity index (χ0v) is 14.0. The van der Waals surface area contributed by atoms with Crippen molar-refractivity contribution in [3.05, 3.63) is 70.8 Å². The zero-order chi connectivity index (χ0) is 17.6. The second kappa shape index (κ2) is 7.90. The average molecular weight is 360 g/mol. The van der Waals surface area contributed by atoms with Crippen molar-refractivity contribution in [3.8, 4) is 11.4 Å². The predicted octanol–water partition coefficient (Wildman–Crippen LogP) is 3.78. The molecule has 1 N–H and O–H groups in total. The predicted molar refractivity (Wildman–Crippen MR) is 91.3 cm³/mol. The molecule has 0 aliphatic heterocycles. The van der Waals surface area contributed by atoms with E-state index in [0.717, 1.165) is 5.56 Å². The first-order valence-corrected chi connectivity index (χ1v) is 8.07. The highest BCUT2D eigenvalue weighted by Crippen LogP contribution is 2.16. The minimum Gasteiger partial charge on any atom is -0.347 e. The highest BCUT2D eigenvalue weighted by Gasteiger charge is 2.10. The Morgan fingerprint density at radius 1 is 1.20 bits per heavy atom. The van der Waals surface area contributed by atoms with Crippen LogP contribution in [0.3, 0.4) is 0 Å². The van der Waals surface area contributed by atoms with Gasteiger partial charge in [0.25, 0.3) is 0 Å². The first-order chi connectivity index (χ1) is 12.1. The van der Waals surface area contributed by atoms with Crippen LogP contribution >= 0.6 is 11.6 Å². The van der Waals surface area contributed by atoms with Crippen LogP contribution in [0.15, 0.2) is 53.1 Å². The van der Waals surface area contributed by atoms with E-state index in [9.17, 15) is 9.18 Å². The van der Waals surface area contributed by atoms with Crippen LogP contribution in [-0.4, -0.2) is 16.0 Å². The number of nitrogens with zero attached hydrogens (tertiary/aromatic N) is 2. The van der Waals surface area contributed by atoms with E-state index in [1.165, 1.54) is 12.1 Å². The van der Waals surface area contributed by atoms with Crippen LogP contribution in [-0.2, 0) is 17.8 Å². The number of hydrogen-bond acceptors (Lipinski definition) is 4. The van der Waals surface area contributed by atoms with Crippen molar-refractivity contribution in [3.63, 3.8) is 0 Å². The third kappa shape index (κ3) is 4.87. The van der Waals surface area contributed by atoms with Gasteiger partial charge in [-0.2, -0.15) is 4.98 Å². The third-order valence-electron chi connectivity index (χ3n) is 3.54. The molecule has 1 heterocycles. The number of aromatic nitrogens is 2. The third-order valence-corrected chi connectivity index (χ3v) is 3.77. The smallest absolute Gasteiger partial charge is 0.246 e. The Labute approximate surface area is 148 Å². The Bertz CT molecular complexity index is 865. The summed E-state index contributed by atoms with van der Waals surface area (Å²) in [6.07, 6.45) is 0.927. The summed E-state index contributed by atoms with van der Waals surface area (Å²) in [7, 11) is 0. The number of carbonyl (C=O) groups is 1. The van der Waals surface area contributed by atoms with E-state index in [1.807, 2.05) is 18.2 Å². The molecule has 0 bridgehead atoms. The summed E-state index contributed by atoms with van der Waals surface area (Å²) < 4.78 is 18.0. The molecule has 5 nitrogen and oxygen atoms in total. The fourth-order valence-corrected chi connectivity index (χ4v) is 2.47. The molecule has 0 unspecified atom stereocenters. The first kappa shape index (κ1) is 17.1. The zero-order valence-electron chi connectivity index (χ0n) is 13.2. The van der Waals surface area contributed by atoms with Gasteiger partial charge in [-0.1, -0.05) is 28.9 Å². The summed E-state index contributed by atoms with van der Waals surface area (Å²) in [5.74, 6) is 0.180. The van der Waals surface area contributed by atoms with E-state index in [-0.39, 0.29) is 24.2 Å². The first-order valence-electron chi connectivity index (χ1n) is 7.70. The number of carbonyl (C=O) groups excluding carboxylic acids is 1. The lowest BCUT2D eigenvalue weighted by Gasteiger charge is -2.03. The summed E-state index contributed by atoms with van der Waals surface area (Å²) in [4.78, 5) is 16.1. The van der Waals surface area contributed by atoms with Crippen molar-refractivity contribution in [2.24, 2.45) is 0 Å². The Hall–Kier alpha value is -2.73. The van der Waals surface area contributed by atoms with Crippen molar-refractivity contribution < 1.29 is 13.7 Å². The fourth-order valence-electron chi connectivity index (χ4n) is 2.26. The van der Waals surface area contributed by atoms with Gasteiger partial charge in [-0.05, 0) is 48.4 Å². The Morgan fingerprint density at radius 3 is 2.76 bits per heavy atom. The van der Waals surface area contributed by atoms with Crippen molar-refractivity contribution in [2.75, 3.05) is 0 Å². The molecule has 1 aromatic heterocycles. The molecule has 0 radical (unpaired) electrons. The van der Waals surface area contributed by atoms with Gasteiger partial charge in [-0.25, -0.2) is 4.39 Å². The molecule has 2 aromatic carbocycles. The van der Waals surface area contributed by atoms with Gasteiger partial charge in [0.05, 0.1) is 6.54 Å². The van der Waals surface area contributed by atoms with Gasteiger partial charge in [-0.3, -0.25) is 4.79 Å². The van der Waals surface area contributed by atoms with Gasteiger partial charge in [0.15, 0.2) is 0 Å². The summed E-state index contributed by atoms with van der Waals surface area (Å²) in [5, 5.41) is 7.20. The van der Waals surface area contributed by atoms with Crippen LogP contribution in [0.1, 0.15) is 17.9 Å². The second-order valence-electron chi connectivity index (χ2n) is 5.43. The topological polar surface area (TPSA) is 68.0 Å². The summed E-state index contributed by atoms with van der Waals surface area (Å²) in [6.45, 7) is 0.141. The van der Waals surface area contributed by atoms with Gasteiger partial charge < -0.3 is 9.84 Å². The van der Waals surface area contributed by atoms with Crippen molar-refractivity contribution in [1.29, 1.82) is 0 Å². The highest BCUT2D eigenvalue weighted by molar-refractivity contribution is 6.30. The molecule has 0 fully saturated rings. The van der Waals surface area contributed by atoms with Crippen LogP contribution in [0.4, 0.5) is 4.39 Å². The molecule has 0 spiro atoms. The van der Waals surface area contributed by atoms with E-state index in [1.54, 1.807) is 18.2 Å². The largest absolute Gasteiger partial charge is 0.347 e. The van der Waals surface area contributed by atoms with Gasteiger partial charge in [0.2, 0.25) is 17.6 Å². The molecule has 0 saturated carbocycles. The van der Waals surface area contributed by atoms with Gasteiger partial charge in [-0.15, -0.1) is 0 Å². The maximum atomic E-state index is 12.9. The van der Waals surface area contributed by atoms with Crippen LogP contribution in [0.5, 0.6) is 0 Å². The van der Waals surface area contributed by atoms with E-state index in [4.69, 9.17) is 16.1 Å². The van der Waals surface area contributed by atoms with Crippen molar-refractivity contribution in [2.45, 2.75) is 19.4 Å². The maximum absolute atomic E-state index is 12.9. The average Bonchev–Trinajstić information content (AvgIpc) is 3.08. The highest BCUT2D eigenvalue weighted by atomic mass is 35.5. The Balaban J connectivity index is 1.50. The van der Waals surface area contributed by atoms with E-state index < -0.39 is 0 Å². The second-order valence-corrected chi connectivity index (χ2v) is 5.86. The molecule has 1 amide bonds. The standard InChI is InChI=1S/C18H15ClFN3O2/c19-14-3-1-2-12(10-14)4-9-16(24)21-11-17-22-18(23-25-17)13-5-7-15(20)8-6-13/h1-3,5-8,10H,4,9,11H2,(H,21,24). The Kier molecular flexibility index (Phi) is 5.40. The lowest BCUT2D eigenvalue weighted by Crippen LogP contribution is -2.23. The quantitative estimate of drug-likeness (QED) is 0.727. The monoisotopic (exact) mass is 359 g/mol. The minimum atomic E-state index is -0.334. The fraction of sp³-hybridized carbons (Fsp3) is 0.167. The Morgan fingerprint density at radius 2 is 2.00 bits per heavy atom. The van der Waals surface area contributed by atoms with Crippen LogP contribution in [0.2, 0.25) is 5.02 Å². The SMILES string of the molecule is O=C(CCc1cccc(Cl)c1)NCc1nc(-c2ccc(F)cc2)no1. The summed E-state index contributed by atoms with van der Waals surface area (Å²) in [5.41, 5.74) is 1.64. The van der Waals surface area contributed by atoms with E-state index >= 15 is 0 Å². The van der Waals surface area contributed by atoms with E-state index in [2.05, 4.69) is 15.5 Å². The maximum Gasteiger partial charge on any atom is 0.246 e. The van der Waals surface area contributed by atoms with E-state index in [0.29, 0.717) is 29.3 Å². The molecule has 0 aliphatic carbocycles. The molecular weight excluding hydrogens is 345 g/mol. The molecule has 25 heavy (non-hydrogen) atoms. The number of amides is 1. The van der Waals surface area contributed by atoms with Gasteiger partial charge >= 0.3 is 0 Å². The van der Waals surface area contributed by atoms with Crippen LogP contribution in [0, 0.1) is 5.82 Å². The van der Waals surface area contributed by atoms with Crippen LogP contribution in [0.25, 0.3) is 11.4 Å². The molecule has 128 valence electrons. The summed E-state index contributed by atoms with van der Waals surface area (Å²) >= 11 is 5.91. The number of aryl methyl sites for hydroxylation is 1. The lowest BCUT2D eigenvalue weighted by atomic mass is 10.1. The normalized spacial score (nSPS) is 10.6. The molecular formula is C18H15ClFN3O2. The molecule has 7 heteroatoms. The molecule has 0 saturated heterocycles. The number of rotatable bonds is 6. The van der Waals surface area contributed by atoms with Gasteiger partial charge in [0, 0.05) is 17.0 Å². The number of halogens is 2. The molecule has 3 rings (SSSR count). The minimum absolute atomic E-state index is 0.124. The van der Waals surface area contributed by atoms with Crippen molar-refractivity contribution in [1.82, 2.24) is 15.5 Å². The number of nitrogens with one attached hydrogen (secondary N) is 1. The summed E-state index contributed by atoms with van der Waals surface area (Å²) in [6, 6.07) is 13.2. The molecule has 0 atom stereocenters. The number of hydrogen-bond donors (Lipinski definition) is 1. The molecule has 0 aliphatic rings.